The lowest BCUT2D eigenvalue weighted by molar-refractivity contribution is -0.139. The normalized spacial score (nSPS) is 10.7. The molecule has 0 fully saturated rings. The zero-order valence-corrected chi connectivity index (χ0v) is 11.5. The van der Waals surface area contributed by atoms with Gasteiger partial charge in [-0.05, 0) is 29.0 Å². The molecule has 21 heavy (non-hydrogen) atoms. The van der Waals surface area contributed by atoms with Gasteiger partial charge in [0.25, 0.3) is 0 Å². The molecule has 0 amide bonds. The predicted octanol–water partition coefficient (Wildman–Crippen LogP) is 2.11. The molecule has 0 bridgehead atoms. The SMILES string of the molecule is O=C(O)COc1ccc2cc(-c3nsc(=O)[nH]3)ccc2c1. The molecule has 3 aromatic rings. The Bertz CT molecular complexity index is 869. The number of nitrogens with one attached hydrogen (secondary N) is 1. The average molecular weight is 302 g/mol. The van der Waals surface area contributed by atoms with Crippen LogP contribution in [0.3, 0.4) is 0 Å². The second-order valence-corrected chi connectivity index (χ2v) is 5.09. The highest BCUT2D eigenvalue weighted by Gasteiger charge is 2.05. The van der Waals surface area contributed by atoms with Crippen LogP contribution in [0.5, 0.6) is 5.75 Å². The minimum Gasteiger partial charge on any atom is -0.482 e. The Morgan fingerprint density at radius 2 is 2.00 bits per heavy atom. The van der Waals surface area contributed by atoms with Gasteiger partial charge in [0.2, 0.25) is 0 Å². The van der Waals surface area contributed by atoms with Crippen LogP contribution in [0.1, 0.15) is 0 Å². The summed E-state index contributed by atoms with van der Waals surface area (Å²) in [5.41, 5.74) is 0.819. The number of hydrogen-bond acceptors (Lipinski definition) is 5. The fourth-order valence-electron chi connectivity index (χ4n) is 1.96. The molecule has 2 aromatic carbocycles. The molecule has 2 N–H and O–H groups in total. The van der Waals surface area contributed by atoms with Gasteiger partial charge >= 0.3 is 10.8 Å². The van der Waals surface area contributed by atoms with Crippen LogP contribution in [0.2, 0.25) is 0 Å². The van der Waals surface area contributed by atoms with E-state index in [4.69, 9.17) is 9.84 Å². The molecular weight excluding hydrogens is 292 g/mol. The molecule has 0 saturated carbocycles. The molecule has 0 aliphatic heterocycles. The summed E-state index contributed by atoms with van der Waals surface area (Å²) in [6, 6.07) is 10.9. The molecule has 1 heterocycles. The summed E-state index contributed by atoms with van der Waals surface area (Å²) < 4.78 is 9.18. The summed E-state index contributed by atoms with van der Waals surface area (Å²) >= 11 is 0.880. The number of H-pyrrole nitrogens is 1. The highest BCUT2D eigenvalue weighted by Crippen LogP contribution is 2.25. The minimum atomic E-state index is -1.02. The Morgan fingerprint density at radius 1 is 1.24 bits per heavy atom. The number of hydrogen-bond donors (Lipinski definition) is 2. The standard InChI is InChI=1S/C14H10N2O4S/c17-12(18)7-20-11-4-3-8-5-10(2-1-9(8)6-11)13-15-14(19)21-16-13/h1-6H,7H2,(H,17,18)(H,15,16,19). The third-order valence-corrected chi connectivity index (χ3v) is 3.43. The van der Waals surface area contributed by atoms with Crippen molar-refractivity contribution >= 4 is 28.3 Å². The van der Waals surface area contributed by atoms with Crippen LogP contribution in [0, 0.1) is 0 Å². The first-order valence-corrected chi connectivity index (χ1v) is 6.84. The van der Waals surface area contributed by atoms with Gasteiger partial charge in [-0.2, -0.15) is 4.37 Å². The third kappa shape index (κ3) is 2.92. The van der Waals surface area contributed by atoms with Crippen molar-refractivity contribution in [1.29, 1.82) is 0 Å². The first-order valence-electron chi connectivity index (χ1n) is 6.06. The lowest BCUT2D eigenvalue weighted by Gasteiger charge is -2.06. The van der Waals surface area contributed by atoms with Crippen molar-refractivity contribution < 1.29 is 14.6 Å². The third-order valence-electron chi connectivity index (χ3n) is 2.89. The number of carboxylic acid groups (broad SMARTS) is 1. The topological polar surface area (TPSA) is 92.3 Å². The van der Waals surface area contributed by atoms with Gasteiger partial charge in [-0.3, -0.25) is 9.78 Å². The van der Waals surface area contributed by atoms with Crippen molar-refractivity contribution in [2.45, 2.75) is 0 Å². The van der Waals surface area contributed by atoms with E-state index in [1.807, 2.05) is 24.3 Å². The first kappa shape index (κ1) is 13.3. The molecule has 0 radical (unpaired) electrons. The average Bonchev–Trinajstić information content (AvgIpc) is 2.91. The van der Waals surface area contributed by atoms with Gasteiger partial charge in [-0.1, -0.05) is 18.2 Å². The van der Waals surface area contributed by atoms with Crippen LogP contribution in [0.4, 0.5) is 0 Å². The van der Waals surface area contributed by atoms with E-state index in [0.29, 0.717) is 11.6 Å². The van der Waals surface area contributed by atoms with Crippen molar-refractivity contribution in [3.8, 4) is 17.1 Å². The number of aromatic nitrogens is 2. The molecule has 0 atom stereocenters. The summed E-state index contributed by atoms with van der Waals surface area (Å²) in [5, 5.41) is 10.5. The summed E-state index contributed by atoms with van der Waals surface area (Å²) in [6.07, 6.45) is 0. The quantitative estimate of drug-likeness (QED) is 0.770. The molecular formula is C14H10N2O4S. The number of carboxylic acids is 1. The number of rotatable bonds is 4. The van der Waals surface area contributed by atoms with Crippen molar-refractivity contribution in [3.05, 3.63) is 46.1 Å². The summed E-state index contributed by atoms with van der Waals surface area (Å²) in [5.74, 6) is 0.0238. The van der Waals surface area contributed by atoms with Crippen molar-refractivity contribution in [2.75, 3.05) is 6.61 Å². The maximum atomic E-state index is 11.1. The fraction of sp³-hybridized carbons (Fsp3) is 0.0714. The zero-order valence-electron chi connectivity index (χ0n) is 10.7. The van der Waals surface area contributed by atoms with Crippen LogP contribution in [0.15, 0.2) is 41.2 Å². The first-order chi connectivity index (χ1) is 10.1. The Balaban J connectivity index is 1.94. The van der Waals surface area contributed by atoms with Crippen LogP contribution in [0.25, 0.3) is 22.2 Å². The van der Waals surface area contributed by atoms with Gasteiger partial charge in [-0.15, -0.1) is 0 Å². The number of fused-ring (bicyclic) bond motifs is 1. The number of ether oxygens (including phenoxy) is 1. The molecule has 0 unspecified atom stereocenters. The van der Waals surface area contributed by atoms with E-state index in [2.05, 4.69) is 9.36 Å². The Hall–Kier alpha value is -2.67. The number of aromatic amines is 1. The van der Waals surface area contributed by atoms with Gasteiger partial charge in [-0.25, -0.2) is 4.79 Å². The largest absolute Gasteiger partial charge is 0.482 e. The fourth-order valence-corrected chi connectivity index (χ4v) is 2.43. The highest BCUT2D eigenvalue weighted by molar-refractivity contribution is 7.03. The lowest BCUT2D eigenvalue weighted by atomic mass is 10.1. The molecule has 0 spiro atoms. The van der Waals surface area contributed by atoms with Crippen molar-refractivity contribution in [2.24, 2.45) is 0 Å². The van der Waals surface area contributed by atoms with E-state index in [-0.39, 0.29) is 11.5 Å². The van der Waals surface area contributed by atoms with E-state index in [1.54, 1.807) is 12.1 Å². The van der Waals surface area contributed by atoms with Gasteiger partial charge in [0.15, 0.2) is 12.4 Å². The second-order valence-electron chi connectivity index (χ2n) is 4.35. The molecule has 106 valence electrons. The van der Waals surface area contributed by atoms with Gasteiger partial charge < -0.3 is 9.84 Å². The Kier molecular flexibility index (Phi) is 3.41. The van der Waals surface area contributed by atoms with E-state index in [0.717, 1.165) is 27.9 Å². The molecule has 7 heteroatoms. The van der Waals surface area contributed by atoms with Gasteiger partial charge in [0.05, 0.1) is 0 Å². The van der Waals surface area contributed by atoms with Crippen LogP contribution >= 0.6 is 11.5 Å². The summed E-state index contributed by atoms with van der Waals surface area (Å²) in [6.45, 7) is -0.371. The molecule has 1 aromatic heterocycles. The second kappa shape index (κ2) is 5.37. The summed E-state index contributed by atoms with van der Waals surface area (Å²) in [7, 11) is 0. The molecule has 0 aliphatic carbocycles. The minimum absolute atomic E-state index is 0.192. The van der Waals surface area contributed by atoms with Crippen LogP contribution < -0.4 is 9.61 Å². The predicted molar refractivity (Wildman–Crippen MR) is 78.8 cm³/mol. The van der Waals surface area contributed by atoms with E-state index in [1.165, 1.54) is 0 Å². The van der Waals surface area contributed by atoms with Crippen molar-refractivity contribution in [3.63, 3.8) is 0 Å². The molecule has 3 rings (SSSR count). The smallest absolute Gasteiger partial charge is 0.341 e. The molecule has 6 nitrogen and oxygen atoms in total. The number of carbonyl (C=O) groups is 1. The maximum Gasteiger partial charge on any atom is 0.341 e. The number of nitrogens with zero attached hydrogens (tertiary/aromatic N) is 1. The monoisotopic (exact) mass is 302 g/mol. The van der Waals surface area contributed by atoms with Gasteiger partial charge in [0, 0.05) is 17.1 Å². The maximum absolute atomic E-state index is 11.1. The highest BCUT2D eigenvalue weighted by atomic mass is 32.1. The van der Waals surface area contributed by atoms with E-state index < -0.39 is 5.97 Å². The summed E-state index contributed by atoms with van der Waals surface area (Å²) in [4.78, 5) is 24.1. The van der Waals surface area contributed by atoms with Crippen LogP contribution in [-0.4, -0.2) is 27.0 Å². The van der Waals surface area contributed by atoms with E-state index >= 15 is 0 Å². The van der Waals surface area contributed by atoms with Crippen molar-refractivity contribution in [1.82, 2.24) is 9.36 Å². The van der Waals surface area contributed by atoms with E-state index in [9.17, 15) is 9.59 Å². The molecule has 0 saturated heterocycles. The number of aliphatic carboxylic acids is 1. The van der Waals surface area contributed by atoms with Crippen LogP contribution in [-0.2, 0) is 4.79 Å². The zero-order chi connectivity index (χ0) is 14.8. The Labute approximate surface area is 122 Å². The molecule has 0 aliphatic rings. The number of benzene rings is 2. The lowest BCUT2D eigenvalue weighted by Crippen LogP contribution is -2.09. The Morgan fingerprint density at radius 3 is 2.71 bits per heavy atom. The van der Waals surface area contributed by atoms with Gasteiger partial charge in [0.1, 0.15) is 5.75 Å².